The van der Waals surface area contributed by atoms with E-state index >= 15 is 0 Å². The van der Waals surface area contributed by atoms with Crippen molar-refractivity contribution in [2.24, 2.45) is 0 Å². The van der Waals surface area contributed by atoms with E-state index in [0.717, 1.165) is 18.4 Å². The van der Waals surface area contributed by atoms with E-state index in [-0.39, 0.29) is 5.91 Å². The minimum Gasteiger partial charge on any atom is -0.351 e. The Bertz CT molecular complexity index is 852. The van der Waals surface area contributed by atoms with Crippen molar-refractivity contribution in [2.45, 2.75) is 13.5 Å². The van der Waals surface area contributed by atoms with Gasteiger partial charge in [0.15, 0.2) is 0 Å². The smallest absolute Gasteiger partial charge is 0.251 e. The number of carbonyl (C=O) groups excluding carboxylic acids is 1. The van der Waals surface area contributed by atoms with E-state index in [1.165, 1.54) is 5.56 Å². The maximum atomic E-state index is 12.3. The van der Waals surface area contributed by atoms with Crippen molar-refractivity contribution in [2.75, 3.05) is 31.1 Å². The molecule has 0 saturated heterocycles. The molecule has 0 aliphatic carbocycles. The Morgan fingerprint density at radius 3 is 2.46 bits per heavy atom. The van der Waals surface area contributed by atoms with E-state index in [1.54, 1.807) is 25.1 Å². The first-order valence-corrected chi connectivity index (χ1v) is 10.2. The highest BCUT2D eigenvalue weighted by Crippen LogP contribution is 2.18. The molecule has 0 fully saturated rings. The van der Waals surface area contributed by atoms with Gasteiger partial charge < -0.3 is 10.2 Å². The lowest BCUT2D eigenvalue weighted by atomic mass is 10.1. The quantitative estimate of drug-likeness (QED) is 0.742. The molecule has 0 saturated carbocycles. The molecule has 0 atom stereocenters. The van der Waals surface area contributed by atoms with Crippen LogP contribution < -0.4 is 10.0 Å². The molecule has 2 N–H and O–H groups in total. The predicted octanol–water partition coefficient (Wildman–Crippen LogP) is 2.23. The average molecular weight is 375 g/mol. The second-order valence-electron chi connectivity index (χ2n) is 6.38. The van der Waals surface area contributed by atoms with Crippen molar-refractivity contribution in [3.8, 4) is 0 Å². The van der Waals surface area contributed by atoms with E-state index < -0.39 is 10.0 Å². The maximum absolute atomic E-state index is 12.3. The summed E-state index contributed by atoms with van der Waals surface area (Å²) in [7, 11) is -1.39. The van der Waals surface area contributed by atoms with Crippen molar-refractivity contribution in [1.29, 1.82) is 0 Å². The number of nitrogens with zero attached hydrogens (tertiary/aromatic N) is 1. The van der Waals surface area contributed by atoms with Crippen LogP contribution in [0.2, 0.25) is 0 Å². The van der Waals surface area contributed by atoms with Crippen LogP contribution in [-0.2, 0) is 16.6 Å². The second kappa shape index (κ2) is 8.82. The Labute approximate surface area is 155 Å². The molecule has 0 radical (unpaired) electrons. The minimum atomic E-state index is -3.39. The van der Waals surface area contributed by atoms with Crippen LogP contribution in [0.3, 0.4) is 0 Å². The summed E-state index contributed by atoms with van der Waals surface area (Å²) in [4.78, 5) is 14.4. The van der Waals surface area contributed by atoms with Crippen LogP contribution in [-0.4, -0.2) is 45.6 Å². The van der Waals surface area contributed by atoms with Gasteiger partial charge in [-0.3, -0.25) is 9.52 Å². The number of anilines is 1. The monoisotopic (exact) mass is 375 g/mol. The van der Waals surface area contributed by atoms with Gasteiger partial charge in [-0.1, -0.05) is 36.4 Å². The van der Waals surface area contributed by atoms with Gasteiger partial charge in [-0.25, -0.2) is 8.42 Å². The Balaban J connectivity index is 1.88. The lowest BCUT2D eigenvalue weighted by Crippen LogP contribution is -2.32. The van der Waals surface area contributed by atoms with Crippen LogP contribution in [0.1, 0.15) is 21.5 Å². The fourth-order valence-electron chi connectivity index (χ4n) is 2.51. The highest BCUT2D eigenvalue weighted by Gasteiger charge is 2.11. The first kappa shape index (κ1) is 19.9. The number of rotatable bonds is 8. The van der Waals surface area contributed by atoms with Gasteiger partial charge in [0.2, 0.25) is 10.0 Å². The summed E-state index contributed by atoms with van der Waals surface area (Å²) in [6.45, 7) is 3.81. The Hall–Kier alpha value is -2.38. The summed E-state index contributed by atoms with van der Waals surface area (Å²) < 4.78 is 25.3. The molecule has 2 rings (SSSR count). The van der Waals surface area contributed by atoms with Gasteiger partial charge in [0.25, 0.3) is 5.91 Å². The number of carbonyl (C=O) groups is 1. The Kier molecular flexibility index (Phi) is 6.76. The highest BCUT2D eigenvalue weighted by atomic mass is 32.2. The number of likely N-dealkylation sites (N-methyl/N-ethyl adjacent to an activating group) is 1. The molecule has 0 bridgehead atoms. The summed E-state index contributed by atoms with van der Waals surface area (Å²) >= 11 is 0. The van der Waals surface area contributed by atoms with Crippen molar-refractivity contribution in [1.82, 2.24) is 10.2 Å². The zero-order chi connectivity index (χ0) is 19.2. The highest BCUT2D eigenvalue weighted by molar-refractivity contribution is 7.92. The molecule has 0 unspecified atom stereocenters. The van der Waals surface area contributed by atoms with Crippen LogP contribution in [0.15, 0.2) is 48.5 Å². The molecule has 26 heavy (non-hydrogen) atoms. The fourth-order valence-corrected chi connectivity index (χ4v) is 3.13. The van der Waals surface area contributed by atoms with Crippen LogP contribution in [0.5, 0.6) is 0 Å². The van der Waals surface area contributed by atoms with E-state index in [2.05, 4.69) is 27.1 Å². The molecular formula is C19H25N3O3S. The van der Waals surface area contributed by atoms with Gasteiger partial charge in [0, 0.05) is 25.2 Å². The number of nitrogens with one attached hydrogen (secondary N) is 2. The van der Waals surface area contributed by atoms with Gasteiger partial charge in [-0.05, 0) is 37.2 Å². The summed E-state index contributed by atoms with van der Waals surface area (Å²) in [5, 5.41) is 2.87. The zero-order valence-electron chi connectivity index (χ0n) is 15.3. The number of hydrogen-bond donors (Lipinski definition) is 2. The average Bonchev–Trinajstić information content (AvgIpc) is 2.56. The standard InChI is InChI=1S/C19H25N3O3S/c1-15-9-10-17(13-18(15)21-26(3,24)25)19(23)20-11-12-22(2)14-16-7-5-4-6-8-16/h4-10,13,21H,11-12,14H2,1-3H3,(H,20,23). The summed E-state index contributed by atoms with van der Waals surface area (Å²) in [5.74, 6) is -0.227. The van der Waals surface area contributed by atoms with E-state index in [0.29, 0.717) is 24.3 Å². The zero-order valence-corrected chi connectivity index (χ0v) is 16.1. The van der Waals surface area contributed by atoms with Gasteiger partial charge in [-0.2, -0.15) is 0 Å². The van der Waals surface area contributed by atoms with E-state index in [9.17, 15) is 13.2 Å². The van der Waals surface area contributed by atoms with E-state index in [1.807, 2.05) is 25.2 Å². The minimum absolute atomic E-state index is 0.227. The third kappa shape index (κ3) is 6.50. The molecule has 6 nitrogen and oxygen atoms in total. The largest absolute Gasteiger partial charge is 0.351 e. The summed E-state index contributed by atoms with van der Waals surface area (Å²) in [6, 6.07) is 15.1. The van der Waals surface area contributed by atoms with Gasteiger partial charge in [-0.15, -0.1) is 0 Å². The number of aryl methyl sites for hydroxylation is 1. The van der Waals surface area contributed by atoms with Crippen LogP contribution in [0.25, 0.3) is 0 Å². The number of amides is 1. The Morgan fingerprint density at radius 2 is 1.81 bits per heavy atom. The molecule has 2 aromatic carbocycles. The Morgan fingerprint density at radius 1 is 1.12 bits per heavy atom. The summed E-state index contributed by atoms with van der Waals surface area (Å²) in [6.07, 6.45) is 1.09. The normalized spacial score (nSPS) is 11.4. The van der Waals surface area contributed by atoms with Gasteiger partial charge in [0.1, 0.15) is 0 Å². The lowest BCUT2D eigenvalue weighted by molar-refractivity contribution is 0.0949. The van der Waals surface area contributed by atoms with Crippen molar-refractivity contribution in [3.63, 3.8) is 0 Å². The molecule has 140 valence electrons. The number of hydrogen-bond acceptors (Lipinski definition) is 4. The molecule has 0 aliphatic rings. The third-order valence-electron chi connectivity index (χ3n) is 3.87. The molecule has 1 amide bonds. The molecule has 7 heteroatoms. The van der Waals surface area contributed by atoms with E-state index in [4.69, 9.17) is 0 Å². The number of sulfonamides is 1. The maximum Gasteiger partial charge on any atom is 0.251 e. The molecule has 0 aromatic heterocycles. The number of benzene rings is 2. The topological polar surface area (TPSA) is 78.5 Å². The first-order valence-electron chi connectivity index (χ1n) is 8.34. The molecular weight excluding hydrogens is 350 g/mol. The molecule has 0 spiro atoms. The molecule has 0 heterocycles. The lowest BCUT2D eigenvalue weighted by Gasteiger charge is -2.17. The van der Waals surface area contributed by atoms with Gasteiger partial charge >= 0.3 is 0 Å². The van der Waals surface area contributed by atoms with Crippen molar-refractivity contribution in [3.05, 3.63) is 65.2 Å². The fraction of sp³-hybridized carbons (Fsp3) is 0.316. The third-order valence-corrected chi connectivity index (χ3v) is 4.46. The molecule has 2 aromatic rings. The SMILES string of the molecule is Cc1ccc(C(=O)NCCN(C)Cc2ccccc2)cc1NS(C)(=O)=O. The van der Waals surface area contributed by atoms with Crippen LogP contribution in [0.4, 0.5) is 5.69 Å². The van der Waals surface area contributed by atoms with Crippen molar-refractivity contribution >= 4 is 21.6 Å². The first-order chi connectivity index (χ1) is 12.2. The predicted molar refractivity (Wildman–Crippen MR) is 105 cm³/mol. The summed E-state index contributed by atoms with van der Waals surface area (Å²) in [5.41, 5.74) is 2.82. The second-order valence-corrected chi connectivity index (χ2v) is 8.13. The van der Waals surface area contributed by atoms with Gasteiger partial charge in [0.05, 0.1) is 11.9 Å². The van der Waals surface area contributed by atoms with Crippen LogP contribution >= 0.6 is 0 Å². The molecule has 0 aliphatic heterocycles. The van der Waals surface area contributed by atoms with Crippen LogP contribution in [0, 0.1) is 6.92 Å². The van der Waals surface area contributed by atoms with Crippen molar-refractivity contribution < 1.29 is 13.2 Å².